The maximum atomic E-state index is 13.3. The lowest BCUT2D eigenvalue weighted by Crippen LogP contribution is -2.58. The molecule has 0 bridgehead atoms. The van der Waals surface area contributed by atoms with Gasteiger partial charge >= 0.3 is 5.97 Å². The molecular formula is C22H24N2O6. The number of carbonyl (C=O) groups excluding carboxylic acids is 3. The predicted molar refractivity (Wildman–Crippen MR) is 105 cm³/mol. The lowest BCUT2D eigenvalue weighted by Gasteiger charge is -2.32. The highest BCUT2D eigenvalue weighted by atomic mass is 16.5. The number of nitrogens with one attached hydrogen (secondary N) is 1. The molecule has 0 radical (unpaired) electrons. The number of phenolic OH excluding ortho intramolecular Hbond substituents is 1. The molecule has 2 fully saturated rings. The molecule has 3 heterocycles. The van der Waals surface area contributed by atoms with Crippen molar-refractivity contribution in [3.05, 3.63) is 54.0 Å². The fourth-order valence-corrected chi connectivity index (χ4v) is 4.70. The Balaban J connectivity index is 1.84. The lowest BCUT2D eigenvalue weighted by molar-refractivity contribution is -0.156. The number of rotatable bonds is 6. The number of nitrogens with zero attached hydrogens (tertiary/aromatic N) is 1. The molecule has 0 unspecified atom stereocenters. The molecule has 30 heavy (non-hydrogen) atoms. The molecule has 8 nitrogen and oxygen atoms in total. The van der Waals surface area contributed by atoms with Crippen molar-refractivity contribution in [1.82, 2.24) is 10.2 Å². The second-order valence-corrected chi connectivity index (χ2v) is 7.60. The zero-order valence-corrected chi connectivity index (χ0v) is 16.8. The molecule has 4 atom stereocenters. The van der Waals surface area contributed by atoms with Gasteiger partial charge in [-0.2, -0.15) is 0 Å². The summed E-state index contributed by atoms with van der Waals surface area (Å²) in [4.78, 5) is 40.9. The predicted octanol–water partition coefficient (Wildman–Crippen LogP) is 1.80. The van der Waals surface area contributed by atoms with E-state index >= 15 is 0 Å². The third-order valence-electron chi connectivity index (χ3n) is 5.97. The van der Waals surface area contributed by atoms with Crippen molar-refractivity contribution in [3.8, 4) is 5.75 Å². The van der Waals surface area contributed by atoms with Crippen LogP contribution in [-0.2, 0) is 25.5 Å². The summed E-state index contributed by atoms with van der Waals surface area (Å²) in [5.74, 6) is -2.40. The molecule has 0 aliphatic carbocycles. The van der Waals surface area contributed by atoms with Crippen molar-refractivity contribution >= 4 is 17.8 Å². The Morgan fingerprint density at radius 3 is 2.53 bits per heavy atom. The minimum absolute atomic E-state index is 0.0962. The first-order chi connectivity index (χ1) is 14.4. The largest absolute Gasteiger partial charge is 0.508 e. The van der Waals surface area contributed by atoms with Crippen LogP contribution in [0.1, 0.15) is 31.2 Å². The van der Waals surface area contributed by atoms with Gasteiger partial charge in [-0.1, -0.05) is 12.1 Å². The van der Waals surface area contributed by atoms with Crippen molar-refractivity contribution in [3.63, 3.8) is 0 Å². The van der Waals surface area contributed by atoms with E-state index in [1.165, 1.54) is 23.3 Å². The van der Waals surface area contributed by atoms with E-state index in [1.54, 1.807) is 38.1 Å². The molecule has 8 heteroatoms. The van der Waals surface area contributed by atoms with E-state index in [1.807, 2.05) is 0 Å². The van der Waals surface area contributed by atoms with Gasteiger partial charge in [-0.25, -0.2) is 0 Å². The number of hydrogen-bond donors (Lipinski definition) is 2. The Bertz CT molecular complexity index is 955. The highest BCUT2D eigenvalue weighted by Gasteiger charge is 2.69. The fraction of sp³-hybridized carbons (Fsp3) is 0.409. The van der Waals surface area contributed by atoms with Gasteiger partial charge in [-0.05, 0) is 43.7 Å². The number of esters is 1. The maximum absolute atomic E-state index is 13.3. The van der Waals surface area contributed by atoms with Crippen LogP contribution in [0.2, 0.25) is 0 Å². The van der Waals surface area contributed by atoms with E-state index < -0.39 is 29.4 Å². The number of fused-ring (bicyclic) bond motifs is 1. The molecule has 1 aromatic heterocycles. The zero-order chi connectivity index (χ0) is 21.5. The Morgan fingerprint density at radius 2 is 1.93 bits per heavy atom. The number of amides is 2. The van der Waals surface area contributed by atoms with Crippen LogP contribution in [0.3, 0.4) is 0 Å². The Kier molecular flexibility index (Phi) is 5.11. The van der Waals surface area contributed by atoms with E-state index in [4.69, 9.17) is 9.15 Å². The number of likely N-dealkylation sites (tertiary alicyclic amines) is 1. The van der Waals surface area contributed by atoms with E-state index in [9.17, 15) is 19.5 Å². The number of hydrogen-bond acceptors (Lipinski definition) is 7. The van der Waals surface area contributed by atoms with Crippen LogP contribution >= 0.6 is 0 Å². The maximum Gasteiger partial charge on any atom is 0.327 e. The smallest absolute Gasteiger partial charge is 0.327 e. The summed E-state index contributed by atoms with van der Waals surface area (Å²) in [5.41, 5.74) is -0.714. The van der Waals surface area contributed by atoms with Gasteiger partial charge in [0, 0.05) is 13.0 Å². The molecule has 4 rings (SSSR count). The number of furan rings is 1. The standard InChI is InChI=1S/C22H24N2O6/c1-3-24-19(26)16-17(20(24)27)22(21(28)29-4-2,12-13-7-9-14(25)10-8-13)23-18(16)15-6-5-11-30-15/h5-11,16-18,23,25H,3-4,12H2,1-2H3/t16-,17+,18-,22+/m0/s1. The first-order valence-corrected chi connectivity index (χ1v) is 10.0. The Morgan fingerprint density at radius 1 is 1.20 bits per heavy atom. The van der Waals surface area contributed by atoms with Gasteiger partial charge < -0.3 is 14.3 Å². The monoisotopic (exact) mass is 412 g/mol. The van der Waals surface area contributed by atoms with Crippen molar-refractivity contribution in [1.29, 1.82) is 0 Å². The number of ether oxygens (including phenoxy) is 1. The van der Waals surface area contributed by atoms with Crippen LogP contribution in [-0.4, -0.2) is 46.5 Å². The number of imide groups is 1. The Labute approximate surface area is 173 Å². The minimum Gasteiger partial charge on any atom is -0.508 e. The van der Waals surface area contributed by atoms with Crippen LogP contribution in [0, 0.1) is 11.8 Å². The average Bonchev–Trinajstić information content (AvgIpc) is 3.42. The number of carbonyl (C=O) groups is 3. The summed E-state index contributed by atoms with van der Waals surface area (Å²) in [6, 6.07) is 9.20. The molecule has 2 aliphatic heterocycles. The van der Waals surface area contributed by atoms with E-state index in [-0.39, 0.29) is 37.1 Å². The van der Waals surface area contributed by atoms with Crippen LogP contribution in [0.25, 0.3) is 0 Å². The van der Waals surface area contributed by atoms with Gasteiger partial charge in [0.25, 0.3) is 0 Å². The zero-order valence-electron chi connectivity index (χ0n) is 16.8. The van der Waals surface area contributed by atoms with Crippen LogP contribution in [0.4, 0.5) is 0 Å². The molecule has 2 aliphatic rings. The topological polar surface area (TPSA) is 109 Å². The summed E-state index contributed by atoms with van der Waals surface area (Å²) in [6.07, 6.45) is 1.62. The van der Waals surface area contributed by atoms with Gasteiger partial charge in [0.15, 0.2) is 0 Å². The molecular weight excluding hydrogens is 388 g/mol. The van der Waals surface area contributed by atoms with Crippen LogP contribution < -0.4 is 5.32 Å². The summed E-state index contributed by atoms with van der Waals surface area (Å²) in [7, 11) is 0. The molecule has 0 spiro atoms. The summed E-state index contributed by atoms with van der Waals surface area (Å²) in [5, 5.41) is 12.9. The second kappa shape index (κ2) is 7.60. The first kappa shape index (κ1) is 20.2. The summed E-state index contributed by atoms with van der Waals surface area (Å²) in [6.45, 7) is 3.80. The highest BCUT2D eigenvalue weighted by Crippen LogP contribution is 2.50. The van der Waals surface area contributed by atoms with Crippen molar-refractivity contribution in [2.45, 2.75) is 31.8 Å². The number of phenols is 1. The molecule has 1 aromatic carbocycles. The molecule has 0 saturated carbocycles. The third-order valence-corrected chi connectivity index (χ3v) is 5.97. The summed E-state index contributed by atoms with van der Waals surface area (Å²) < 4.78 is 10.9. The van der Waals surface area contributed by atoms with Gasteiger partial charge in [0.1, 0.15) is 17.0 Å². The van der Waals surface area contributed by atoms with Gasteiger partial charge in [0.2, 0.25) is 11.8 Å². The lowest BCUT2D eigenvalue weighted by atomic mass is 9.76. The third kappa shape index (κ3) is 2.99. The van der Waals surface area contributed by atoms with Crippen molar-refractivity contribution < 1.29 is 28.6 Å². The van der Waals surface area contributed by atoms with E-state index in [0.29, 0.717) is 5.76 Å². The minimum atomic E-state index is -1.44. The number of aromatic hydroxyl groups is 1. The van der Waals surface area contributed by atoms with Gasteiger partial charge in [-0.3, -0.25) is 24.6 Å². The van der Waals surface area contributed by atoms with Crippen molar-refractivity contribution in [2.75, 3.05) is 13.2 Å². The van der Waals surface area contributed by atoms with E-state index in [2.05, 4.69) is 5.32 Å². The van der Waals surface area contributed by atoms with Crippen LogP contribution in [0.15, 0.2) is 47.1 Å². The highest BCUT2D eigenvalue weighted by molar-refractivity contribution is 6.09. The first-order valence-electron chi connectivity index (χ1n) is 10.0. The van der Waals surface area contributed by atoms with Gasteiger partial charge in [-0.15, -0.1) is 0 Å². The molecule has 2 N–H and O–H groups in total. The molecule has 2 saturated heterocycles. The fourth-order valence-electron chi connectivity index (χ4n) is 4.70. The average molecular weight is 412 g/mol. The summed E-state index contributed by atoms with van der Waals surface area (Å²) >= 11 is 0. The quantitative estimate of drug-likeness (QED) is 0.550. The molecule has 2 aromatic rings. The second-order valence-electron chi connectivity index (χ2n) is 7.60. The molecule has 158 valence electrons. The number of benzene rings is 1. The normalized spacial score (nSPS) is 28.1. The van der Waals surface area contributed by atoms with Crippen LogP contribution in [0.5, 0.6) is 5.75 Å². The van der Waals surface area contributed by atoms with Gasteiger partial charge in [0.05, 0.1) is 30.7 Å². The van der Waals surface area contributed by atoms with E-state index in [0.717, 1.165) is 5.56 Å². The SMILES string of the molecule is CCOC(=O)[C@]1(Cc2ccc(O)cc2)N[C@@H](c2ccco2)[C@H]2C(=O)N(CC)C(=O)[C@@H]21. The molecule has 2 amide bonds. The Hall–Kier alpha value is -3.13. The van der Waals surface area contributed by atoms with Crippen molar-refractivity contribution in [2.24, 2.45) is 11.8 Å².